The van der Waals surface area contributed by atoms with Crippen LogP contribution in [0.2, 0.25) is 0 Å². The van der Waals surface area contributed by atoms with E-state index in [-0.39, 0.29) is 0 Å². The Balaban J connectivity index is 1.73. The third-order valence-electron chi connectivity index (χ3n) is 2.75. The minimum Gasteiger partial charge on any atom is -0.472 e. The van der Waals surface area contributed by atoms with Gasteiger partial charge in [-0.05, 0) is 38.4 Å². The molecular weight excluding hydrogens is 176 g/mol. The molecule has 0 aromatic carbocycles. The summed E-state index contributed by atoms with van der Waals surface area (Å²) in [6.45, 7) is 3.24. The van der Waals surface area contributed by atoms with Crippen LogP contribution in [0.3, 0.4) is 0 Å². The lowest BCUT2D eigenvalue weighted by Crippen LogP contribution is -2.29. The molecule has 0 radical (unpaired) electrons. The van der Waals surface area contributed by atoms with Gasteiger partial charge in [0.25, 0.3) is 0 Å². The fraction of sp³-hybridized carbons (Fsp3) is 0.636. The highest BCUT2D eigenvalue weighted by Crippen LogP contribution is 2.07. The summed E-state index contributed by atoms with van der Waals surface area (Å²) in [5.74, 6) is 0. The van der Waals surface area contributed by atoms with Crippen LogP contribution in [-0.4, -0.2) is 19.1 Å². The standard InChI is InChI=1S/C11H18N2O/c1-2-11(3-6-12-5-1)13-8-10-4-7-14-9-10/h4,7,9,11-13H,1-3,5-6,8H2. The molecule has 78 valence electrons. The topological polar surface area (TPSA) is 37.2 Å². The summed E-state index contributed by atoms with van der Waals surface area (Å²) in [4.78, 5) is 0. The van der Waals surface area contributed by atoms with Gasteiger partial charge in [-0.2, -0.15) is 0 Å². The maximum atomic E-state index is 5.03. The third-order valence-corrected chi connectivity index (χ3v) is 2.75. The van der Waals surface area contributed by atoms with Crippen molar-refractivity contribution in [2.24, 2.45) is 0 Å². The van der Waals surface area contributed by atoms with Gasteiger partial charge in [-0.1, -0.05) is 0 Å². The highest BCUT2D eigenvalue weighted by atomic mass is 16.3. The lowest BCUT2D eigenvalue weighted by atomic mass is 10.1. The molecule has 2 N–H and O–H groups in total. The van der Waals surface area contributed by atoms with E-state index in [2.05, 4.69) is 10.6 Å². The summed E-state index contributed by atoms with van der Waals surface area (Å²) in [7, 11) is 0. The van der Waals surface area contributed by atoms with Gasteiger partial charge in [0.2, 0.25) is 0 Å². The summed E-state index contributed by atoms with van der Waals surface area (Å²) in [5.41, 5.74) is 1.24. The van der Waals surface area contributed by atoms with Gasteiger partial charge in [0.1, 0.15) is 0 Å². The van der Waals surface area contributed by atoms with Crippen molar-refractivity contribution < 1.29 is 4.42 Å². The lowest BCUT2D eigenvalue weighted by Gasteiger charge is -2.14. The first-order valence-electron chi connectivity index (χ1n) is 5.40. The van der Waals surface area contributed by atoms with Crippen LogP contribution in [0.4, 0.5) is 0 Å². The maximum absolute atomic E-state index is 5.03. The quantitative estimate of drug-likeness (QED) is 0.766. The first-order valence-corrected chi connectivity index (χ1v) is 5.40. The molecule has 1 unspecified atom stereocenters. The van der Waals surface area contributed by atoms with Gasteiger partial charge < -0.3 is 15.1 Å². The molecule has 14 heavy (non-hydrogen) atoms. The molecule has 1 aromatic rings. The first kappa shape index (κ1) is 9.74. The first-order chi connectivity index (χ1) is 6.95. The highest BCUT2D eigenvalue weighted by Gasteiger charge is 2.10. The number of rotatable bonds is 3. The fourth-order valence-corrected chi connectivity index (χ4v) is 1.88. The van der Waals surface area contributed by atoms with Crippen LogP contribution in [0.15, 0.2) is 23.0 Å². The fourth-order valence-electron chi connectivity index (χ4n) is 1.88. The van der Waals surface area contributed by atoms with Gasteiger partial charge in [-0.25, -0.2) is 0 Å². The van der Waals surface area contributed by atoms with Crippen LogP contribution < -0.4 is 10.6 Å². The maximum Gasteiger partial charge on any atom is 0.0947 e. The van der Waals surface area contributed by atoms with Crippen molar-refractivity contribution in [3.63, 3.8) is 0 Å². The van der Waals surface area contributed by atoms with Crippen molar-refractivity contribution in [1.29, 1.82) is 0 Å². The Kier molecular flexibility index (Phi) is 3.60. The summed E-state index contributed by atoms with van der Waals surface area (Å²) in [5, 5.41) is 6.98. The molecular formula is C11H18N2O. The molecule has 1 aliphatic heterocycles. The van der Waals surface area contributed by atoms with Crippen molar-refractivity contribution in [2.75, 3.05) is 13.1 Å². The smallest absolute Gasteiger partial charge is 0.0947 e. The van der Waals surface area contributed by atoms with Crippen LogP contribution in [0.1, 0.15) is 24.8 Å². The molecule has 0 amide bonds. The van der Waals surface area contributed by atoms with E-state index in [0.717, 1.165) is 13.1 Å². The second-order valence-electron chi connectivity index (χ2n) is 3.89. The van der Waals surface area contributed by atoms with E-state index in [4.69, 9.17) is 4.42 Å². The van der Waals surface area contributed by atoms with E-state index in [9.17, 15) is 0 Å². The Bertz CT molecular complexity index is 238. The summed E-state index contributed by atoms with van der Waals surface area (Å²) < 4.78 is 5.03. The predicted molar refractivity (Wildman–Crippen MR) is 56.1 cm³/mol. The van der Waals surface area contributed by atoms with Crippen molar-refractivity contribution in [1.82, 2.24) is 10.6 Å². The SMILES string of the molecule is c1cc(CNC2CCCNCC2)co1. The molecule has 1 saturated heterocycles. The lowest BCUT2D eigenvalue weighted by molar-refractivity contribution is 0.466. The zero-order valence-corrected chi connectivity index (χ0v) is 8.46. The predicted octanol–water partition coefficient (Wildman–Crippen LogP) is 1.51. The van der Waals surface area contributed by atoms with Gasteiger partial charge in [-0.3, -0.25) is 0 Å². The summed E-state index contributed by atoms with van der Waals surface area (Å²) in [6, 6.07) is 2.68. The van der Waals surface area contributed by atoms with E-state index in [1.165, 1.54) is 31.4 Å². The van der Waals surface area contributed by atoms with Crippen LogP contribution in [-0.2, 0) is 6.54 Å². The van der Waals surface area contributed by atoms with E-state index in [1.807, 2.05) is 12.3 Å². The molecule has 1 aliphatic rings. The molecule has 0 aliphatic carbocycles. The van der Waals surface area contributed by atoms with E-state index >= 15 is 0 Å². The van der Waals surface area contributed by atoms with Crippen LogP contribution in [0, 0.1) is 0 Å². The van der Waals surface area contributed by atoms with Crippen LogP contribution in [0.25, 0.3) is 0 Å². The van der Waals surface area contributed by atoms with Crippen molar-refractivity contribution >= 4 is 0 Å². The second kappa shape index (κ2) is 5.17. The zero-order chi connectivity index (χ0) is 9.64. The number of furan rings is 1. The van der Waals surface area contributed by atoms with Gasteiger partial charge in [-0.15, -0.1) is 0 Å². The number of hydrogen-bond acceptors (Lipinski definition) is 3. The van der Waals surface area contributed by atoms with Crippen molar-refractivity contribution in [3.8, 4) is 0 Å². The third kappa shape index (κ3) is 2.86. The van der Waals surface area contributed by atoms with Crippen molar-refractivity contribution in [3.05, 3.63) is 24.2 Å². The van der Waals surface area contributed by atoms with E-state index < -0.39 is 0 Å². The molecule has 3 nitrogen and oxygen atoms in total. The van der Waals surface area contributed by atoms with Gasteiger partial charge in [0, 0.05) is 18.2 Å². The largest absolute Gasteiger partial charge is 0.472 e. The van der Waals surface area contributed by atoms with Gasteiger partial charge >= 0.3 is 0 Å². The Morgan fingerprint density at radius 1 is 1.43 bits per heavy atom. The molecule has 0 saturated carbocycles. The second-order valence-corrected chi connectivity index (χ2v) is 3.89. The van der Waals surface area contributed by atoms with Gasteiger partial charge in [0.15, 0.2) is 0 Å². The normalized spacial score (nSPS) is 23.3. The number of hydrogen-bond donors (Lipinski definition) is 2. The average Bonchev–Trinajstić information content (AvgIpc) is 2.58. The molecule has 2 rings (SSSR count). The molecule has 3 heteroatoms. The minimum atomic E-state index is 0.667. The highest BCUT2D eigenvalue weighted by molar-refractivity contribution is 5.04. The Morgan fingerprint density at radius 2 is 2.43 bits per heavy atom. The number of nitrogens with one attached hydrogen (secondary N) is 2. The molecule has 1 fully saturated rings. The minimum absolute atomic E-state index is 0.667. The van der Waals surface area contributed by atoms with E-state index in [0.29, 0.717) is 6.04 Å². The Hall–Kier alpha value is -0.800. The summed E-state index contributed by atoms with van der Waals surface area (Å²) >= 11 is 0. The molecule has 1 atom stereocenters. The molecule has 1 aromatic heterocycles. The summed E-state index contributed by atoms with van der Waals surface area (Å²) in [6.07, 6.45) is 7.33. The van der Waals surface area contributed by atoms with Crippen LogP contribution >= 0.6 is 0 Å². The average molecular weight is 194 g/mol. The molecule has 0 bridgehead atoms. The monoisotopic (exact) mass is 194 g/mol. The Labute approximate surface area is 84.9 Å². The van der Waals surface area contributed by atoms with E-state index in [1.54, 1.807) is 6.26 Å². The molecule has 2 heterocycles. The van der Waals surface area contributed by atoms with Crippen LogP contribution in [0.5, 0.6) is 0 Å². The van der Waals surface area contributed by atoms with Gasteiger partial charge in [0.05, 0.1) is 12.5 Å². The molecule has 0 spiro atoms. The zero-order valence-electron chi connectivity index (χ0n) is 8.46. The van der Waals surface area contributed by atoms with Crippen molar-refractivity contribution in [2.45, 2.75) is 31.8 Å². The Morgan fingerprint density at radius 3 is 3.29 bits per heavy atom.